The molecule has 0 spiro atoms. The molecule has 0 bridgehead atoms. The van der Waals surface area contributed by atoms with E-state index in [1.54, 1.807) is 24.3 Å². The fourth-order valence-corrected chi connectivity index (χ4v) is 3.26. The predicted octanol–water partition coefficient (Wildman–Crippen LogP) is 3.94. The van der Waals surface area contributed by atoms with Crippen molar-refractivity contribution in [3.05, 3.63) is 89.5 Å². The van der Waals surface area contributed by atoms with Crippen LogP contribution in [-0.2, 0) is 9.59 Å². The molecule has 0 saturated heterocycles. The first-order chi connectivity index (χ1) is 16.9. The molecule has 3 amide bonds. The molecule has 0 unspecified atom stereocenters. The average Bonchev–Trinajstić information content (AvgIpc) is 2.86. The second-order valence-electron chi connectivity index (χ2n) is 7.87. The summed E-state index contributed by atoms with van der Waals surface area (Å²) in [5, 5.41) is 2.79. The van der Waals surface area contributed by atoms with E-state index >= 15 is 0 Å². The van der Waals surface area contributed by atoms with E-state index < -0.39 is 11.8 Å². The molecule has 0 fully saturated rings. The van der Waals surface area contributed by atoms with Crippen LogP contribution in [0.2, 0.25) is 0 Å². The molecular formula is C27H29N3O5. The molecule has 8 heteroatoms. The summed E-state index contributed by atoms with van der Waals surface area (Å²) < 4.78 is 11.3. The number of hydrogen-bond donors (Lipinski definition) is 3. The van der Waals surface area contributed by atoms with Crippen LogP contribution in [0.1, 0.15) is 34.3 Å². The predicted molar refractivity (Wildman–Crippen MR) is 133 cm³/mol. The highest BCUT2D eigenvalue weighted by Crippen LogP contribution is 2.18. The molecule has 0 heterocycles. The first kappa shape index (κ1) is 25.3. The molecule has 3 rings (SSSR count). The van der Waals surface area contributed by atoms with Crippen molar-refractivity contribution >= 4 is 23.4 Å². The Labute approximate surface area is 204 Å². The lowest BCUT2D eigenvalue weighted by molar-refractivity contribution is -0.124. The van der Waals surface area contributed by atoms with E-state index in [-0.39, 0.29) is 30.9 Å². The van der Waals surface area contributed by atoms with Gasteiger partial charge in [0.25, 0.3) is 5.91 Å². The van der Waals surface area contributed by atoms with Gasteiger partial charge in [-0.05, 0) is 49.7 Å². The highest BCUT2D eigenvalue weighted by atomic mass is 16.5. The number of hydrazine groups is 1. The number of benzene rings is 3. The van der Waals surface area contributed by atoms with Crippen molar-refractivity contribution in [3.8, 4) is 11.5 Å². The Morgan fingerprint density at radius 3 is 2.20 bits per heavy atom. The van der Waals surface area contributed by atoms with Crippen molar-refractivity contribution in [1.29, 1.82) is 0 Å². The maximum Gasteiger partial charge on any atom is 0.273 e. The van der Waals surface area contributed by atoms with Crippen molar-refractivity contribution < 1.29 is 23.9 Å². The normalized spacial score (nSPS) is 10.2. The van der Waals surface area contributed by atoms with Gasteiger partial charge in [-0.3, -0.25) is 25.2 Å². The number of anilines is 1. The lowest BCUT2D eigenvalue weighted by Gasteiger charge is -2.13. The summed E-state index contributed by atoms with van der Waals surface area (Å²) in [5.74, 6) is -0.201. The summed E-state index contributed by atoms with van der Waals surface area (Å²) in [4.78, 5) is 36.8. The lowest BCUT2D eigenvalue weighted by Crippen LogP contribution is -2.42. The number of carbonyl (C=O) groups is 3. The molecule has 35 heavy (non-hydrogen) atoms. The lowest BCUT2D eigenvalue weighted by atomic mass is 10.1. The highest BCUT2D eigenvalue weighted by Gasteiger charge is 2.14. The van der Waals surface area contributed by atoms with Gasteiger partial charge < -0.3 is 14.8 Å². The number of amides is 3. The third-order valence-electron chi connectivity index (χ3n) is 5.04. The molecule has 0 aromatic heterocycles. The molecule has 0 aliphatic heterocycles. The Morgan fingerprint density at radius 1 is 0.743 bits per heavy atom. The van der Waals surface area contributed by atoms with Crippen LogP contribution in [0.5, 0.6) is 11.5 Å². The third-order valence-corrected chi connectivity index (χ3v) is 5.04. The van der Waals surface area contributed by atoms with Crippen molar-refractivity contribution in [2.75, 3.05) is 18.5 Å². The van der Waals surface area contributed by atoms with Crippen LogP contribution in [0, 0.1) is 13.8 Å². The minimum absolute atomic E-state index is 0.0177. The van der Waals surface area contributed by atoms with E-state index in [1.165, 1.54) is 0 Å². The Hall–Kier alpha value is -4.33. The molecule has 3 aromatic carbocycles. The first-order valence-electron chi connectivity index (χ1n) is 11.3. The Bertz CT molecular complexity index is 1160. The smallest absolute Gasteiger partial charge is 0.273 e. The maximum absolute atomic E-state index is 12.6. The number of para-hydroxylation sites is 2. The van der Waals surface area contributed by atoms with Crippen molar-refractivity contribution in [1.82, 2.24) is 10.9 Å². The van der Waals surface area contributed by atoms with E-state index in [4.69, 9.17) is 9.47 Å². The Kier molecular flexibility index (Phi) is 9.24. The van der Waals surface area contributed by atoms with Gasteiger partial charge in [0.05, 0.1) is 5.56 Å². The van der Waals surface area contributed by atoms with Gasteiger partial charge in [0.2, 0.25) is 11.8 Å². The number of aryl methyl sites for hydroxylation is 2. The standard InChI is InChI=1S/C27H29N3O5/c1-19-12-13-23(20(2)18-19)28-25(31)14-15-26(32)29-30-27(33)22-10-6-7-11-24(22)35-17-16-34-21-8-4-3-5-9-21/h3-13,18H,14-17H2,1-2H3,(H,28,31)(H,29,32)(H,30,33). The van der Waals surface area contributed by atoms with Crippen LogP contribution in [-0.4, -0.2) is 30.9 Å². The number of carbonyl (C=O) groups excluding carboxylic acids is 3. The van der Waals surface area contributed by atoms with Gasteiger partial charge in [0, 0.05) is 18.5 Å². The summed E-state index contributed by atoms with van der Waals surface area (Å²) >= 11 is 0. The molecular weight excluding hydrogens is 446 g/mol. The summed E-state index contributed by atoms with van der Waals surface area (Å²) in [6, 6.07) is 21.7. The van der Waals surface area contributed by atoms with Crippen LogP contribution in [0.4, 0.5) is 5.69 Å². The van der Waals surface area contributed by atoms with E-state index in [9.17, 15) is 14.4 Å². The zero-order chi connectivity index (χ0) is 25.0. The molecule has 8 nitrogen and oxygen atoms in total. The van der Waals surface area contributed by atoms with Crippen LogP contribution in [0.25, 0.3) is 0 Å². The second-order valence-corrected chi connectivity index (χ2v) is 7.87. The largest absolute Gasteiger partial charge is 0.490 e. The third kappa shape index (κ3) is 8.19. The average molecular weight is 476 g/mol. The van der Waals surface area contributed by atoms with E-state index in [1.807, 2.05) is 62.4 Å². The second kappa shape index (κ2) is 12.8. The minimum Gasteiger partial charge on any atom is -0.490 e. The Balaban J connectivity index is 1.41. The van der Waals surface area contributed by atoms with Gasteiger partial charge in [-0.25, -0.2) is 0 Å². The monoisotopic (exact) mass is 475 g/mol. The fraction of sp³-hybridized carbons (Fsp3) is 0.222. The SMILES string of the molecule is Cc1ccc(NC(=O)CCC(=O)NNC(=O)c2ccccc2OCCOc2ccccc2)c(C)c1. The fourth-order valence-electron chi connectivity index (χ4n) is 3.26. The highest BCUT2D eigenvalue weighted by molar-refractivity contribution is 5.98. The Morgan fingerprint density at radius 2 is 1.43 bits per heavy atom. The number of ether oxygens (including phenoxy) is 2. The molecule has 0 atom stereocenters. The summed E-state index contributed by atoms with van der Waals surface area (Å²) in [6.45, 7) is 4.42. The zero-order valence-corrected chi connectivity index (χ0v) is 19.8. The molecule has 3 N–H and O–H groups in total. The summed E-state index contributed by atoms with van der Waals surface area (Å²) in [6.07, 6.45) is -0.0951. The molecule has 182 valence electrons. The molecule has 0 aliphatic carbocycles. The van der Waals surface area contributed by atoms with Crippen LogP contribution in [0.15, 0.2) is 72.8 Å². The number of hydrogen-bond acceptors (Lipinski definition) is 5. The van der Waals surface area contributed by atoms with Gasteiger partial charge in [-0.2, -0.15) is 0 Å². The van der Waals surface area contributed by atoms with Gasteiger partial charge in [-0.1, -0.05) is 48.0 Å². The van der Waals surface area contributed by atoms with Gasteiger partial charge >= 0.3 is 0 Å². The van der Waals surface area contributed by atoms with Crippen LogP contribution in [0.3, 0.4) is 0 Å². The maximum atomic E-state index is 12.6. The summed E-state index contributed by atoms with van der Waals surface area (Å²) in [7, 11) is 0. The zero-order valence-electron chi connectivity index (χ0n) is 19.8. The minimum atomic E-state index is -0.530. The molecule has 3 aromatic rings. The van der Waals surface area contributed by atoms with Gasteiger partial charge in [0.1, 0.15) is 24.7 Å². The van der Waals surface area contributed by atoms with Crippen LogP contribution >= 0.6 is 0 Å². The quantitative estimate of drug-likeness (QED) is 0.304. The molecule has 0 saturated carbocycles. The van der Waals surface area contributed by atoms with Crippen molar-refractivity contribution in [2.45, 2.75) is 26.7 Å². The topological polar surface area (TPSA) is 106 Å². The molecule has 0 aliphatic rings. The van der Waals surface area contributed by atoms with E-state index in [2.05, 4.69) is 16.2 Å². The van der Waals surface area contributed by atoms with Crippen molar-refractivity contribution in [2.24, 2.45) is 0 Å². The summed E-state index contributed by atoms with van der Waals surface area (Å²) in [5.41, 5.74) is 7.72. The first-order valence-corrected chi connectivity index (χ1v) is 11.3. The number of rotatable bonds is 10. The van der Waals surface area contributed by atoms with Gasteiger partial charge in [0.15, 0.2) is 0 Å². The molecule has 0 radical (unpaired) electrons. The van der Waals surface area contributed by atoms with Crippen LogP contribution < -0.4 is 25.6 Å². The van der Waals surface area contributed by atoms with E-state index in [0.29, 0.717) is 18.0 Å². The van der Waals surface area contributed by atoms with E-state index in [0.717, 1.165) is 16.9 Å². The number of nitrogens with one attached hydrogen (secondary N) is 3. The van der Waals surface area contributed by atoms with Gasteiger partial charge in [-0.15, -0.1) is 0 Å². The van der Waals surface area contributed by atoms with Crippen molar-refractivity contribution in [3.63, 3.8) is 0 Å².